The number of carbonyl (C=O) groups is 2. The molecule has 2 amide bonds. The Balaban J connectivity index is 2.16. The number of nitrogens with two attached hydrogens (primary N) is 1. The van der Waals surface area contributed by atoms with Gasteiger partial charge in [-0.3, -0.25) is 9.59 Å². The van der Waals surface area contributed by atoms with Crippen LogP contribution in [0.4, 0.5) is 4.39 Å². The summed E-state index contributed by atoms with van der Waals surface area (Å²) in [7, 11) is 0. The van der Waals surface area contributed by atoms with Crippen LogP contribution in [0, 0.1) is 17.7 Å². The Bertz CT molecular complexity index is 619. The lowest BCUT2D eigenvalue weighted by atomic mass is 10.1. The highest BCUT2D eigenvalue weighted by atomic mass is 19.1. The van der Waals surface area contributed by atoms with Crippen molar-refractivity contribution in [3.63, 3.8) is 0 Å². The highest BCUT2D eigenvalue weighted by Gasteiger charge is 2.25. The number of hydrogen-bond acceptors (Lipinski definition) is 3. The Labute approximate surface area is 122 Å². The highest BCUT2D eigenvalue weighted by molar-refractivity contribution is 5.98. The van der Waals surface area contributed by atoms with E-state index in [1.807, 2.05) is 0 Å². The van der Waals surface area contributed by atoms with Crippen LogP contribution in [0.15, 0.2) is 18.2 Å². The van der Waals surface area contributed by atoms with E-state index in [0.29, 0.717) is 18.5 Å². The number of amides is 2. The molecule has 21 heavy (non-hydrogen) atoms. The van der Waals surface area contributed by atoms with Crippen molar-refractivity contribution in [2.45, 2.75) is 18.9 Å². The summed E-state index contributed by atoms with van der Waals surface area (Å²) < 4.78 is 13.8. The van der Waals surface area contributed by atoms with E-state index in [2.05, 4.69) is 22.5 Å². The predicted molar refractivity (Wildman–Crippen MR) is 75.8 cm³/mol. The zero-order chi connectivity index (χ0) is 15.2. The molecule has 0 aliphatic carbocycles. The molecule has 0 saturated carbocycles. The number of hydrogen-bond donors (Lipinski definition) is 3. The quantitative estimate of drug-likeness (QED) is 0.677. The van der Waals surface area contributed by atoms with Crippen LogP contribution in [0.3, 0.4) is 0 Å². The second kappa shape index (κ2) is 6.86. The first-order valence-corrected chi connectivity index (χ1v) is 6.69. The monoisotopic (exact) mass is 289 g/mol. The van der Waals surface area contributed by atoms with E-state index in [9.17, 15) is 14.0 Å². The average molecular weight is 289 g/mol. The molecule has 1 aromatic rings. The number of rotatable bonds is 2. The summed E-state index contributed by atoms with van der Waals surface area (Å²) in [5.41, 5.74) is 5.64. The van der Waals surface area contributed by atoms with Gasteiger partial charge in [0, 0.05) is 12.1 Å². The maximum Gasteiger partial charge on any atom is 0.254 e. The van der Waals surface area contributed by atoms with Crippen LogP contribution in [0.25, 0.3) is 0 Å². The molecule has 1 aliphatic heterocycles. The van der Waals surface area contributed by atoms with Crippen molar-refractivity contribution in [3.8, 4) is 11.8 Å². The molecule has 1 heterocycles. The minimum absolute atomic E-state index is 0.128. The topological polar surface area (TPSA) is 84.2 Å². The van der Waals surface area contributed by atoms with E-state index in [4.69, 9.17) is 5.73 Å². The zero-order valence-electron chi connectivity index (χ0n) is 11.4. The molecule has 1 unspecified atom stereocenters. The predicted octanol–water partition coefficient (Wildman–Crippen LogP) is 0.144. The third-order valence-corrected chi connectivity index (χ3v) is 3.14. The first-order valence-electron chi connectivity index (χ1n) is 6.69. The maximum atomic E-state index is 13.8. The van der Waals surface area contributed by atoms with Gasteiger partial charge in [-0.2, -0.15) is 0 Å². The molecule has 4 N–H and O–H groups in total. The van der Waals surface area contributed by atoms with Gasteiger partial charge in [-0.05, 0) is 31.0 Å². The Morgan fingerprint density at radius 1 is 1.52 bits per heavy atom. The lowest BCUT2D eigenvalue weighted by Gasteiger charge is -2.22. The molecular weight excluding hydrogens is 273 g/mol. The van der Waals surface area contributed by atoms with Crippen molar-refractivity contribution >= 4 is 11.8 Å². The number of benzene rings is 1. The number of piperidine rings is 1. The smallest absolute Gasteiger partial charge is 0.254 e. The van der Waals surface area contributed by atoms with E-state index in [1.165, 1.54) is 18.2 Å². The van der Waals surface area contributed by atoms with Crippen LogP contribution in [0.5, 0.6) is 0 Å². The first-order chi connectivity index (χ1) is 10.1. The fourth-order valence-corrected chi connectivity index (χ4v) is 2.08. The minimum Gasteiger partial charge on any atom is -0.354 e. The van der Waals surface area contributed by atoms with Crippen LogP contribution in [-0.4, -0.2) is 30.9 Å². The van der Waals surface area contributed by atoms with Gasteiger partial charge in [-0.15, -0.1) is 0 Å². The number of nitrogens with one attached hydrogen (secondary N) is 2. The van der Waals surface area contributed by atoms with Gasteiger partial charge in [0.05, 0.1) is 12.1 Å². The van der Waals surface area contributed by atoms with Gasteiger partial charge >= 0.3 is 0 Å². The second-order valence-electron chi connectivity index (χ2n) is 4.66. The van der Waals surface area contributed by atoms with Crippen molar-refractivity contribution in [1.82, 2.24) is 10.6 Å². The Morgan fingerprint density at radius 2 is 2.33 bits per heavy atom. The molecule has 1 atom stereocenters. The molecule has 110 valence electrons. The minimum atomic E-state index is -0.651. The second-order valence-corrected chi connectivity index (χ2v) is 4.66. The van der Waals surface area contributed by atoms with Gasteiger partial charge in [0.25, 0.3) is 5.91 Å². The Hall–Kier alpha value is -2.39. The van der Waals surface area contributed by atoms with Crippen LogP contribution < -0.4 is 16.4 Å². The van der Waals surface area contributed by atoms with Crippen LogP contribution >= 0.6 is 0 Å². The lowest BCUT2D eigenvalue weighted by Crippen LogP contribution is -2.50. The van der Waals surface area contributed by atoms with Crippen molar-refractivity contribution in [1.29, 1.82) is 0 Å². The third-order valence-electron chi connectivity index (χ3n) is 3.14. The Kier molecular flexibility index (Phi) is 4.90. The van der Waals surface area contributed by atoms with Crippen molar-refractivity contribution in [2.24, 2.45) is 5.73 Å². The van der Waals surface area contributed by atoms with Gasteiger partial charge < -0.3 is 16.4 Å². The summed E-state index contributed by atoms with van der Waals surface area (Å²) >= 11 is 0. The van der Waals surface area contributed by atoms with E-state index < -0.39 is 17.8 Å². The number of carbonyl (C=O) groups excluding carboxylic acids is 2. The molecule has 0 spiro atoms. The van der Waals surface area contributed by atoms with Crippen LogP contribution in [-0.2, 0) is 4.79 Å². The third kappa shape index (κ3) is 3.80. The van der Waals surface area contributed by atoms with Crippen LogP contribution in [0.2, 0.25) is 0 Å². The van der Waals surface area contributed by atoms with E-state index in [-0.39, 0.29) is 18.0 Å². The molecule has 1 saturated heterocycles. The van der Waals surface area contributed by atoms with Crippen molar-refractivity contribution in [2.75, 3.05) is 13.1 Å². The normalized spacial score (nSPS) is 17.4. The molecule has 0 aromatic heterocycles. The summed E-state index contributed by atoms with van der Waals surface area (Å²) in [4.78, 5) is 23.7. The molecule has 6 heteroatoms. The Morgan fingerprint density at radius 3 is 3.05 bits per heavy atom. The molecular formula is C15H16FN3O2. The highest BCUT2D eigenvalue weighted by Crippen LogP contribution is 2.11. The largest absolute Gasteiger partial charge is 0.354 e. The molecule has 1 fully saturated rings. The maximum absolute atomic E-state index is 13.8. The van der Waals surface area contributed by atoms with E-state index in [1.54, 1.807) is 0 Å². The molecule has 1 aromatic carbocycles. The fourth-order valence-electron chi connectivity index (χ4n) is 2.08. The summed E-state index contributed by atoms with van der Waals surface area (Å²) in [5.74, 6) is 3.86. The first kappa shape index (κ1) is 15.0. The standard InChI is InChI=1S/C15H16FN3O2/c16-12-6-5-10(3-1-7-17)9-11(12)14(20)19-13-4-2-8-18-15(13)21/h5-6,9,13H,2,4,7-8,17H2,(H,18,21)(H,19,20). The van der Waals surface area contributed by atoms with E-state index >= 15 is 0 Å². The molecule has 0 bridgehead atoms. The fraction of sp³-hybridized carbons (Fsp3) is 0.333. The number of halogens is 1. The van der Waals surface area contributed by atoms with Gasteiger partial charge in [-0.25, -0.2) is 4.39 Å². The molecule has 0 radical (unpaired) electrons. The molecule has 2 rings (SSSR count). The average Bonchev–Trinajstić information content (AvgIpc) is 2.48. The summed E-state index contributed by atoms with van der Waals surface area (Å²) in [5, 5.41) is 5.20. The lowest BCUT2D eigenvalue weighted by molar-refractivity contribution is -0.124. The summed E-state index contributed by atoms with van der Waals surface area (Å²) in [6, 6.07) is 3.39. The molecule has 1 aliphatic rings. The zero-order valence-corrected chi connectivity index (χ0v) is 11.4. The molecule has 5 nitrogen and oxygen atoms in total. The van der Waals surface area contributed by atoms with Crippen molar-refractivity contribution in [3.05, 3.63) is 35.1 Å². The summed E-state index contributed by atoms with van der Waals surface area (Å²) in [6.45, 7) is 0.783. The SMILES string of the molecule is NCC#Cc1ccc(F)c(C(=O)NC2CCCNC2=O)c1. The van der Waals surface area contributed by atoms with Gasteiger partial charge in [0.1, 0.15) is 11.9 Å². The van der Waals surface area contributed by atoms with E-state index in [0.717, 1.165) is 6.42 Å². The van der Waals surface area contributed by atoms with Gasteiger partial charge in [0.2, 0.25) is 5.91 Å². The van der Waals surface area contributed by atoms with Crippen molar-refractivity contribution < 1.29 is 14.0 Å². The van der Waals surface area contributed by atoms with Crippen LogP contribution in [0.1, 0.15) is 28.8 Å². The summed E-state index contributed by atoms with van der Waals surface area (Å²) in [6.07, 6.45) is 1.33. The van der Waals surface area contributed by atoms with Gasteiger partial charge in [0.15, 0.2) is 0 Å². The van der Waals surface area contributed by atoms with Gasteiger partial charge in [-0.1, -0.05) is 11.8 Å².